The number of Topliss-reactive ketones (excluding diaryl/α,β-unsaturated/α-hetero) is 1. The lowest BCUT2D eigenvalue weighted by Gasteiger charge is -2.48. The van der Waals surface area contributed by atoms with Crippen molar-refractivity contribution in [1.82, 2.24) is 14.7 Å². The molecule has 0 radical (unpaired) electrons. The average molecular weight is 608 g/mol. The van der Waals surface area contributed by atoms with Crippen LogP contribution in [0.1, 0.15) is 74.1 Å². The largest absolute Gasteiger partial charge is 0.460 e. The molecule has 10 heteroatoms. The number of carbonyl (C=O) groups is 2. The molecule has 246 valence electrons. The molecule has 10 atom stereocenters. The maximum Gasteiger partial charge on any atom is 0.319 e. The van der Waals surface area contributed by atoms with Crippen LogP contribution in [0.15, 0.2) is 0 Å². The van der Waals surface area contributed by atoms with Gasteiger partial charge in [0, 0.05) is 44.1 Å². The normalized spacial score (nSPS) is 44.2. The van der Waals surface area contributed by atoms with E-state index in [0.717, 1.165) is 32.0 Å². The second kappa shape index (κ2) is 12.6. The van der Waals surface area contributed by atoms with Gasteiger partial charge in [0.1, 0.15) is 23.2 Å². The van der Waals surface area contributed by atoms with E-state index in [1.807, 2.05) is 41.8 Å². The Morgan fingerprint density at radius 2 is 1.65 bits per heavy atom. The minimum Gasteiger partial charge on any atom is -0.460 e. The van der Waals surface area contributed by atoms with Gasteiger partial charge in [0.05, 0.1) is 12.1 Å². The fourth-order valence-electron chi connectivity index (χ4n) is 8.34. The second-order valence-electron chi connectivity index (χ2n) is 15.6. The fourth-order valence-corrected chi connectivity index (χ4v) is 8.34. The molecule has 0 spiro atoms. The summed E-state index contributed by atoms with van der Waals surface area (Å²) in [4.78, 5) is 47.6. The first-order valence-electron chi connectivity index (χ1n) is 16.6. The molecule has 1 aliphatic carbocycles. The first-order chi connectivity index (χ1) is 20.1. The Labute approximate surface area is 258 Å². The molecule has 0 N–H and O–H groups in total. The van der Waals surface area contributed by atoms with E-state index in [4.69, 9.17) is 24.0 Å². The molecule has 0 aromatic heterocycles. The highest BCUT2D eigenvalue weighted by Gasteiger charge is 2.56. The van der Waals surface area contributed by atoms with Crippen molar-refractivity contribution in [1.29, 1.82) is 0 Å². The Bertz CT molecular complexity index is 1010. The molecule has 0 bridgehead atoms. The molecule has 4 saturated heterocycles. The zero-order valence-corrected chi connectivity index (χ0v) is 28.2. The molecule has 10 nitrogen and oxygen atoms in total. The monoisotopic (exact) mass is 607 g/mol. The summed E-state index contributed by atoms with van der Waals surface area (Å²) >= 11 is 0. The zero-order chi connectivity index (χ0) is 31.4. The SMILES string of the molecule is C[C@H]1CN(C)[C@H](C2CN(CC3CC3)C2)[C@@H](C)OC(=O)C(C)(C)C(=O)[C@H](C)[C@H]2O[C@@H]3O[C@H](C)C[C@H](N(C)C)[C@H]3OO[C@]2(C)C1. The summed E-state index contributed by atoms with van der Waals surface area (Å²) in [6.45, 7) is 17.4. The molecule has 0 aromatic carbocycles. The van der Waals surface area contributed by atoms with Crippen molar-refractivity contribution < 1.29 is 33.6 Å². The molecule has 43 heavy (non-hydrogen) atoms. The minimum atomic E-state index is -1.36. The number of esters is 1. The number of ketones is 1. The number of rotatable bonds is 4. The summed E-state index contributed by atoms with van der Waals surface area (Å²) in [5.74, 6) is 0.0395. The molecular weight excluding hydrogens is 550 g/mol. The van der Waals surface area contributed by atoms with Crippen LogP contribution in [0.3, 0.4) is 0 Å². The molecule has 1 saturated carbocycles. The van der Waals surface area contributed by atoms with Crippen LogP contribution in [0.5, 0.6) is 0 Å². The summed E-state index contributed by atoms with van der Waals surface area (Å²) in [5.41, 5.74) is -2.32. The molecular formula is C33H57N3O7. The fraction of sp³-hybridized carbons (Fsp3) is 0.939. The predicted octanol–water partition coefficient (Wildman–Crippen LogP) is 3.37. The number of carbonyl (C=O) groups excluding carboxylic acids is 2. The molecule has 4 aliphatic heterocycles. The van der Waals surface area contributed by atoms with Gasteiger partial charge >= 0.3 is 5.97 Å². The third-order valence-electron chi connectivity index (χ3n) is 10.8. The molecule has 4 heterocycles. The molecule has 0 unspecified atom stereocenters. The third kappa shape index (κ3) is 6.86. The van der Waals surface area contributed by atoms with Crippen molar-refractivity contribution in [2.45, 2.75) is 123 Å². The number of ether oxygens (including phenoxy) is 3. The summed E-state index contributed by atoms with van der Waals surface area (Å²) in [7, 11) is 6.18. The number of hydrogen-bond donors (Lipinski definition) is 0. The van der Waals surface area contributed by atoms with Gasteiger partial charge in [-0.3, -0.25) is 14.5 Å². The summed E-state index contributed by atoms with van der Waals surface area (Å²) < 4.78 is 19.2. The summed E-state index contributed by atoms with van der Waals surface area (Å²) in [6, 6.07) is 0.0724. The van der Waals surface area contributed by atoms with Crippen molar-refractivity contribution in [3.8, 4) is 0 Å². The number of nitrogens with zero attached hydrogens (tertiary/aromatic N) is 3. The van der Waals surface area contributed by atoms with E-state index in [9.17, 15) is 9.59 Å². The van der Waals surface area contributed by atoms with Crippen LogP contribution >= 0.6 is 0 Å². The van der Waals surface area contributed by atoms with Gasteiger partial charge < -0.3 is 24.0 Å². The van der Waals surface area contributed by atoms with Crippen molar-refractivity contribution in [3.63, 3.8) is 0 Å². The van der Waals surface area contributed by atoms with E-state index in [1.54, 1.807) is 13.8 Å². The second-order valence-corrected chi connectivity index (χ2v) is 15.6. The van der Waals surface area contributed by atoms with Crippen LogP contribution in [0.2, 0.25) is 0 Å². The van der Waals surface area contributed by atoms with Crippen molar-refractivity contribution in [3.05, 3.63) is 0 Å². The first kappa shape index (κ1) is 33.2. The lowest BCUT2D eigenvalue weighted by Crippen LogP contribution is -2.60. The Hall–Kier alpha value is -1.14. The van der Waals surface area contributed by atoms with Gasteiger partial charge in [-0.05, 0) is 93.3 Å². The van der Waals surface area contributed by atoms with Crippen molar-refractivity contribution >= 4 is 11.8 Å². The van der Waals surface area contributed by atoms with Crippen LogP contribution in [-0.2, 0) is 33.6 Å². The van der Waals surface area contributed by atoms with Gasteiger partial charge in [-0.15, -0.1) is 0 Å². The summed E-state index contributed by atoms with van der Waals surface area (Å²) in [6.07, 6.45) is 1.79. The van der Waals surface area contributed by atoms with Gasteiger partial charge in [-0.1, -0.05) is 13.8 Å². The minimum absolute atomic E-state index is 0.0209. The Kier molecular flexibility index (Phi) is 9.72. The van der Waals surface area contributed by atoms with E-state index in [2.05, 4.69) is 28.7 Å². The maximum atomic E-state index is 14.2. The van der Waals surface area contributed by atoms with E-state index in [-0.39, 0.29) is 36.0 Å². The summed E-state index contributed by atoms with van der Waals surface area (Å²) in [5, 5.41) is 0. The Morgan fingerprint density at radius 1 is 0.977 bits per heavy atom. The molecule has 5 fully saturated rings. The van der Waals surface area contributed by atoms with Crippen LogP contribution < -0.4 is 0 Å². The van der Waals surface area contributed by atoms with E-state index >= 15 is 0 Å². The topological polar surface area (TPSA) is 90.0 Å². The number of cyclic esters (lactones) is 1. The predicted molar refractivity (Wildman–Crippen MR) is 162 cm³/mol. The smallest absolute Gasteiger partial charge is 0.319 e. The lowest BCUT2D eigenvalue weighted by atomic mass is 9.74. The zero-order valence-electron chi connectivity index (χ0n) is 28.2. The number of likely N-dealkylation sites (N-methyl/N-ethyl adjacent to an activating group) is 2. The van der Waals surface area contributed by atoms with Gasteiger partial charge in [0.2, 0.25) is 0 Å². The van der Waals surface area contributed by atoms with Crippen molar-refractivity contribution in [2.75, 3.05) is 47.3 Å². The number of likely N-dealkylation sites (tertiary alicyclic amines) is 1. The van der Waals surface area contributed by atoms with E-state index in [0.29, 0.717) is 12.3 Å². The van der Waals surface area contributed by atoms with Gasteiger partial charge in [0.25, 0.3) is 0 Å². The highest BCUT2D eigenvalue weighted by atomic mass is 17.2. The van der Waals surface area contributed by atoms with Crippen LogP contribution in [0, 0.1) is 29.1 Å². The standard InChI is InChI=1S/C33H57N3O7/c1-19-14-33(7)29(41-30-27(42-43-33)25(34(8)9)13-20(2)39-30)21(3)28(37)32(5,6)31(38)40-22(4)26(35(10)15-19)24-17-36(18-24)16-23-11-12-23/h19-27,29-30H,11-18H2,1-10H3/t19-,20-,21+,22-,25+,26+,27-,29-,30+,33-/m1/s1. The Morgan fingerprint density at radius 3 is 2.28 bits per heavy atom. The molecule has 0 aromatic rings. The molecule has 5 aliphatic rings. The first-order valence-corrected chi connectivity index (χ1v) is 16.6. The number of fused-ring (bicyclic) bond motifs is 2. The van der Waals surface area contributed by atoms with Gasteiger partial charge in [0.15, 0.2) is 18.2 Å². The molecule has 5 rings (SSSR count). The number of hydrogen-bond acceptors (Lipinski definition) is 10. The maximum absolute atomic E-state index is 14.2. The van der Waals surface area contributed by atoms with Crippen LogP contribution in [0.4, 0.5) is 0 Å². The van der Waals surface area contributed by atoms with Gasteiger partial charge in [-0.25, -0.2) is 9.78 Å². The highest BCUT2D eigenvalue weighted by Crippen LogP contribution is 2.42. The molecule has 0 amide bonds. The van der Waals surface area contributed by atoms with E-state index < -0.39 is 41.4 Å². The highest BCUT2D eigenvalue weighted by molar-refractivity contribution is 6.04. The van der Waals surface area contributed by atoms with Gasteiger partial charge in [-0.2, -0.15) is 0 Å². The van der Waals surface area contributed by atoms with Crippen LogP contribution in [0.25, 0.3) is 0 Å². The lowest BCUT2D eigenvalue weighted by molar-refractivity contribution is -0.399. The van der Waals surface area contributed by atoms with Crippen molar-refractivity contribution in [2.24, 2.45) is 29.1 Å². The third-order valence-corrected chi connectivity index (χ3v) is 10.8. The van der Waals surface area contributed by atoms with E-state index in [1.165, 1.54) is 19.4 Å². The average Bonchev–Trinajstić information content (AvgIpc) is 3.72. The van der Waals surface area contributed by atoms with Crippen LogP contribution in [-0.4, -0.2) is 122 Å². The quantitative estimate of drug-likeness (QED) is 0.269. The Balaban J connectivity index is 1.44.